The zero-order valence-electron chi connectivity index (χ0n) is 15.1. The van der Waals surface area contributed by atoms with Crippen LogP contribution in [0.4, 0.5) is 0 Å². The first-order valence-corrected chi connectivity index (χ1v) is 9.50. The predicted octanol–water partition coefficient (Wildman–Crippen LogP) is 1.41. The Balaban J connectivity index is 1.19. The third kappa shape index (κ3) is 3.61. The Morgan fingerprint density at radius 3 is 2.76 bits per heavy atom. The van der Waals surface area contributed by atoms with Gasteiger partial charge in [0, 0.05) is 52.1 Å². The van der Waals surface area contributed by atoms with Crippen molar-refractivity contribution in [2.75, 3.05) is 39.5 Å². The number of carbonyl (C=O) groups excluding carboxylic acids is 1. The molecule has 1 aromatic heterocycles. The number of likely N-dealkylation sites (tertiary alicyclic amines) is 1. The maximum absolute atomic E-state index is 12.2. The molecular formula is C19H29N3O3. The lowest BCUT2D eigenvalue weighted by atomic mass is 9.81. The number of aromatic nitrogens is 1. The van der Waals surface area contributed by atoms with E-state index in [0.717, 1.165) is 58.6 Å². The highest BCUT2D eigenvalue weighted by molar-refractivity contribution is 5.92. The number of aryl methyl sites for hydroxylation is 1. The molecule has 25 heavy (non-hydrogen) atoms. The topological polar surface area (TPSA) is 55.7 Å². The van der Waals surface area contributed by atoms with Crippen LogP contribution in [0.3, 0.4) is 0 Å². The number of rotatable bonds is 4. The van der Waals surface area contributed by atoms with Crippen molar-refractivity contribution in [3.8, 4) is 0 Å². The molecule has 0 aromatic carbocycles. The number of amides is 1. The van der Waals surface area contributed by atoms with Crippen molar-refractivity contribution in [3.05, 3.63) is 24.0 Å². The van der Waals surface area contributed by atoms with E-state index < -0.39 is 0 Å². The van der Waals surface area contributed by atoms with Crippen LogP contribution in [0.1, 0.15) is 36.2 Å². The Kier molecular flexibility index (Phi) is 4.84. The molecule has 1 atom stereocenters. The van der Waals surface area contributed by atoms with Crippen LogP contribution in [0, 0.1) is 5.92 Å². The molecule has 6 nitrogen and oxygen atoms in total. The van der Waals surface area contributed by atoms with E-state index in [4.69, 9.17) is 9.47 Å². The minimum absolute atomic E-state index is 0.00197. The van der Waals surface area contributed by atoms with Gasteiger partial charge in [0.05, 0.1) is 12.2 Å². The van der Waals surface area contributed by atoms with Crippen LogP contribution >= 0.6 is 0 Å². The van der Waals surface area contributed by atoms with Crippen molar-refractivity contribution in [3.63, 3.8) is 0 Å². The molecule has 1 spiro atoms. The van der Waals surface area contributed by atoms with Crippen LogP contribution in [0.5, 0.6) is 0 Å². The van der Waals surface area contributed by atoms with Gasteiger partial charge >= 0.3 is 0 Å². The standard InChI is InChI=1S/C19H29N3O3/c1-21-8-2-3-17(21)18(23)20-11-15-4-7-19(25-12-15)13-22(14-19)16-5-9-24-10-6-16/h2-3,8,15-16H,4-7,9-14H2,1H3,(H,20,23)/t15-/m0/s1. The third-order valence-corrected chi connectivity index (χ3v) is 6.05. The van der Waals surface area contributed by atoms with E-state index in [1.165, 1.54) is 0 Å². The second-order valence-corrected chi connectivity index (χ2v) is 7.86. The van der Waals surface area contributed by atoms with E-state index in [2.05, 4.69) is 10.2 Å². The maximum atomic E-state index is 12.2. The molecule has 4 heterocycles. The van der Waals surface area contributed by atoms with Crippen molar-refractivity contribution in [1.82, 2.24) is 14.8 Å². The molecule has 138 valence electrons. The molecule has 3 aliphatic rings. The molecule has 0 bridgehead atoms. The molecule has 0 saturated carbocycles. The monoisotopic (exact) mass is 347 g/mol. The Bertz CT molecular complexity index is 593. The van der Waals surface area contributed by atoms with E-state index in [0.29, 0.717) is 24.2 Å². The van der Waals surface area contributed by atoms with Crippen molar-refractivity contribution in [2.45, 2.75) is 37.3 Å². The highest BCUT2D eigenvalue weighted by Crippen LogP contribution is 2.38. The third-order valence-electron chi connectivity index (χ3n) is 6.05. The summed E-state index contributed by atoms with van der Waals surface area (Å²) in [5.41, 5.74) is 0.788. The van der Waals surface area contributed by atoms with Crippen LogP contribution in [-0.4, -0.2) is 66.5 Å². The normalized spacial score (nSPS) is 27.2. The van der Waals surface area contributed by atoms with Crippen molar-refractivity contribution in [1.29, 1.82) is 0 Å². The fourth-order valence-electron chi connectivity index (χ4n) is 4.35. The minimum Gasteiger partial charge on any atom is -0.381 e. The number of hydrogen-bond donors (Lipinski definition) is 1. The van der Waals surface area contributed by atoms with Crippen molar-refractivity contribution < 1.29 is 14.3 Å². The lowest BCUT2D eigenvalue weighted by molar-refractivity contribution is -0.194. The number of nitrogens with zero attached hydrogens (tertiary/aromatic N) is 2. The molecule has 3 saturated heterocycles. The number of hydrogen-bond acceptors (Lipinski definition) is 4. The van der Waals surface area contributed by atoms with Gasteiger partial charge in [0.1, 0.15) is 5.69 Å². The van der Waals surface area contributed by atoms with Gasteiger partial charge in [-0.15, -0.1) is 0 Å². The molecule has 1 N–H and O–H groups in total. The molecular weight excluding hydrogens is 318 g/mol. The first-order chi connectivity index (χ1) is 12.2. The van der Waals surface area contributed by atoms with Gasteiger partial charge in [0.25, 0.3) is 5.91 Å². The molecule has 0 aliphatic carbocycles. The number of ether oxygens (including phenoxy) is 2. The summed E-state index contributed by atoms with van der Waals surface area (Å²) >= 11 is 0. The molecule has 6 heteroatoms. The summed E-state index contributed by atoms with van der Waals surface area (Å²) < 4.78 is 13.6. The van der Waals surface area contributed by atoms with Gasteiger partial charge in [-0.2, -0.15) is 0 Å². The van der Waals surface area contributed by atoms with Gasteiger partial charge in [0.2, 0.25) is 0 Å². The summed E-state index contributed by atoms with van der Waals surface area (Å²) in [5, 5.41) is 3.06. The van der Waals surface area contributed by atoms with Gasteiger partial charge in [-0.1, -0.05) is 0 Å². The van der Waals surface area contributed by atoms with Gasteiger partial charge in [-0.05, 0) is 43.7 Å². The Morgan fingerprint density at radius 2 is 2.12 bits per heavy atom. The smallest absolute Gasteiger partial charge is 0.267 e. The molecule has 4 rings (SSSR count). The van der Waals surface area contributed by atoms with Crippen LogP contribution in [-0.2, 0) is 16.5 Å². The van der Waals surface area contributed by atoms with Crippen LogP contribution < -0.4 is 5.32 Å². The molecule has 0 unspecified atom stereocenters. The molecule has 1 amide bonds. The molecule has 3 fully saturated rings. The largest absolute Gasteiger partial charge is 0.381 e. The van der Waals surface area contributed by atoms with Gasteiger partial charge < -0.3 is 19.4 Å². The summed E-state index contributed by atoms with van der Waals surface area (Å²) in [7, 11) is 1.89. The maximum Gasteiger partial charge on any atom is 0.267 e. The Morgan fingerprint density at radius 1 is 1.32 bits per heavy atom. The van der Waals surface area contributed by atoms with E-state index in [1.54, 1.807) is 0 Å². The quantitative estimate of drug-likeness (QED) is 0.895. The van der Waals surface area contributed by atoms with Crippen molar-refractivity contribution >= 4 is 5.91 Å². The minimum atomic E-state index is 0.00197. The highest BCUT2D eigenvalue weighted by Gasteiger charge is 2.48. The molecule has 0 radical (unpaired) electrons. The summed E-state index contributed by atoms with van der Waals surface area (Å²) in [4.78, 5) is 14.8. The Labute approximate surface area is 149 Å². The lowest BCUT2D eigenvalue weighted by Gasteiger charge is -2.55. The van der Waals surface area contributed by atoms with Crippen LogP contribution in [0.2, 0.25) is 0 Å². The van der Waals surface area contributed by atoms with E-state index >= 15 is 0 Å². The Hall–Kier alpha value is -1.37. The first-order valence-electron chi connectivity index (χ1n) is 9.50. The lowest BCUT2D eigenvalue weighted by Crippen LogP contribution is -2.67. The predicted molar refractivity (Wildman–Crippen MR) is 94.6 cm³/mol. The van der Waals surface area contributed by atoms with E-state index in [-0.39, 0.29) is 11.5 Å². The first kappa shape index (κ1) is 17.1. The van der Waals surface area contributed by atoms with E-state index in [9.17, 15) is 4.79 Å². The van der Waals surface area contributed by atoms with Crippen LogP contribution in [0.15, 0.2) is 18.3 Å². The van der Waals surface area contributed by atoms with Crippen LogP contribution in [0.25, 0.3) is 0 Å². The number of nitrogens with one attached hydrogen (secondary N) is 1. The highest BCUT2D eigenvalue weighted by atomic mass is 16.5. The summed E-state index contributed by atoms with van der Waals surface area (Å²) in [6.45, 7) is 5.40. The SMILES string of the molecule is Cn1cccc1C(=O)NC[C@@H]1CCC2(CN(C3CCOCC3)C2)OC1. The molecule has 1 aromatic rings. The van der Waals surface area contributed by atoms with E-state index in [1.807, 2.05) is 29.9 Å². The van der Waals surface area contributed by atoms with Gasteiger partial charge in [0.15, 0.2) is 0 Å². The summed E-state index contributed by atoms with van der Waals surface area (Å²) in [5.74, 6) is 0.425. The zero-order valence-corrected chi connectivity index (χ0v) is 15.1. The second kappa shape index (κ2) is 7.09. The summed E-state index contributed by atoms with van der Waals surface area (Å²) in [6.07, 6.45) is 6.45. The average Bonchev–Trinajstić information content (AvgIpc) is 3.05. The fraction of sp³-hybridized carbons (Fsp3) is 0.737. The van der Waals surface area contributed by atoms with Crippen molar-refractivity contribution in [2.24, 2.45) is 13.0 Å². The summed E-state index contributed by atoms with van der Waals surface area (Å²) in [6, 6.07) is 4.43. The average molecular weight is 347 g/mol. The van der Waals surface area contributed by atoms with Gasteiger partial charge in [-0.3, -0.25) is 9.69 Å². The fourth-order valence-corrected chi connectivity index (χ4v) is 4.35. The van der Waals surface area contributed by atoms with Gasteiger partial charge in [-0.25, -0.2) is 0 Å². The second-order valence-electron chi connectivity index (χ2n) is 7.86. The number of carbonyl (C=O) groups is 1. The zero-order chi connectivity index (χ0) is 17.3. The molecule has 3 aliphatic heterocycles.